The van der Waals surface area contributed by atoms with Gasteiger partial charge in [-0.25, -0.2) is 0 Å². The van der Waals surface area contributed by atoms with E-state index >= 15 is 0 Å². The average molecular weight is 251 g/mol. The number of hydrogen-bond donors (Lipinski definition) is 2. The van der Waals surface area contributed by atoms with Gasteiger partial charge in [0.05, 0.1) is 19.1 Å². The summed E-state index contributed by atoms with van der Waals surface area (Å²) in [6.45, 7) is 1.02. The maximum atomic E-state index is 10.7. The van der Waals surface area contributed by atoms with Crippen LogP contribution in [-0.2, 0) is 4.79 Å². The number of hydrogen-bond acceptors (Lipinski definition) is 4. The van der Waals surface area contributed by atoms with Crippen LogP contribution in [0, 0.1) is 0 Å². The predicted octanol–water partition coefficient (Wildman–Crippen LogP) is 1.11. The lowest BCUT2D eigenvalue weighted by Gasteiger charge is -2.23. The van der Waals surface area contributed by atoms with Crippen LogP contribution in [0.4, 0.5) is 5.69 Å². The maximum absolute atomic E-state index is 10.7. The molecule has 2 rings (SSSR count). The molecule has 1 atom stereocenters. The van der Waals surface area contributed by atoms with Crippen molar-refractivity contribution >= 4 is 11.7 Å². The zero-order valence-corrected chi connectivity index (χ0v) is 10.3. The topological polar surface area (TPSA) is 70.0 Å². The summed E-state index contributed by atoms with van der Waals surface area (Å²) in [6.07, 6.45) is 0.269. The second kappa shape index (κ2) is 4.86. The molecule has 1 aliphatic heterocycles. The van der Waals surface area contributed by atoms with Crippen LogP contribution in [0.1, 0.15) is 12.8 Å². The zero-order chi connectivity index (χ0) is 13.2. The second-order valence-corrected chi connectivity index (χ2v) is 4.66. The molecule has 0 aliphatic carbocycles. The lowest BCUT2D eigenvalue weighted by atomic mass is 9.99. The van der Waals surface area contributed by atoms with Gasteiger partial charge in [-0.2, -0.15) is 0 Å². The first kappa shape index (κ1) is 12.7. The van der Waals surface area contributed by atoms with Gasteiger partial charge in [0.2, 0.25) is 0 Å². The fourth-order valence-corrected chi connectivity index (χ4v) is 2.30. The Morgan fingerprint density at radius 1 is 1.44 bits per heavy atom. The van der Waals surface area contributed by atoms with Gasteiger partial charge in [-0.3, -0.25) is 4.79 Å². The van der Waals surface area contributed by atoms with Gasteiger partial charge in [-0.1, -0.05) is 0 Å². The van der Waals surface area contributed by atoms with Crippen molar-refractivity contribution in [1.82, 2.24) is 0 Å². The van der Waals surface area contributed by atoms with Crippen molar-refractivity contribution < 1.29 is 19.7 Å². The number of rotatable bonds is 4. The Hall–Kier alpha value is -1.75. The lowest BCUT2D eigenvalue weighted by Crippen LogP contribution is -2.35. The Morgan fingerprint density at radius 3 is 2.67 bits per heavy atom. The molecule has 0 spiro atoms. The molecule has 1 aromatic rings. The fourth-order valence-electron chi connectivity index (χ4n) is 2.30. The Kier molecular flexibility index (Phi) is 3.43. The van der Waals surface area contributed by atoms with Crippen LogP contribution in [0.5, 0.6) is 5.75 Å². The van der Waals surface area contributed by atoms with E-state index in [-0.39, 0.29) is 6.42 Å². The molecular formula is C13H17NO4. The lowest BCUT2D eigenvalue weighted by molar-refractivity contribution is -0.141. The molecule has 5 nitrogen and oxygen atoms in total. The number of nitrogens with zero attached hydrogens (tertiary/aromatic N) is 1. The van der Waals surface area contributed by atoms with Gasteiger partial charge >= 0.3 is 5.97 Å². The number of anilines is 1. The number of benzene rings is 1. The highest BCUT2D eigenvalue weighted by Crippen LogP contribution is 2.30. The molecule has 18 heavy (non-hydrogen) atoms. The molecule has 1 unspecified atom stereocenters. The van der Waals surface area contributed by atoms with Crippen LogP contribution in [0.2, 0.25) is 0 Å². The van der Waals surface area contributed by atoms with E-state index in [0.29, 0.717) is 19.5 Å². The average Bonchev–Trinajstić information content (AvgIpc) is 2.70. The largest absolute Gasteiger partial charge is 0.497 e. The van der Waals surface area contributed by atoms with Crippen molar-refractivity contribution in [1.29, 1.82) is 0 Å². The van der Waals surface area contributed by atoms with Crippen molar-refractivity contribution in [3.05, 3.63) is 24.3 Å². The van der Waals surface area contributed by atoms with Crippen LogP contribution in [0.3, 0.4) is 0 Å². The van der Waals surface area contributed by atoms with Gasteiger partial charge in [0.25, 0.3) is 0 Å². The Morgan fingerprint density at radius 2 is 2.11 bits per heavy atom. The molecule has 1 aliphatic rings. The predicted molar refractivity (Wildman–Crippen MR) is 67.0 cm³/mol. The highest BCUT2D eigenvalue weighted by atomic mass is 16.5. The molecule has 1 fully saturated rings. The summed E-state index contributed by atoms with van der Waals surface area (Å²) in [5, 5.41) is 18.9. The van der Waals surface area contributed by atoms with Crippen molar-refractivity contribution in [2.75, 3.05) is 25.1 Å². The van der Waals surface area contributed by atoms with Crippen molar-refractivity contribution in [3.8, 4) is 5.75 Å². The highest BCUT2D eigenvalue weighted by Gasteiger charge is 2.38. The SMILES string of the molecule is COc1ccc(N2CCC(O)(CC(=O)O)C2)cc1. The van der Waals surface area contributed by atoms with Gasteiger partial charge in [-0.15, -0.1) is 0 Å². The third kappa shape index (κ3) is 2.73. The standard InChI is InChI=1S/C13H17NO4/c1-18-11-4-2-10(3-5-11)14-7-6-13(17,9-14)8-12(15)16/h2-5,17H,6-9H2,1H3,(H,15,16). The van der Waals surface area contributed by atoms with Crippen molar-refractivity contribution in [2.24, 2.45) is 0 Å². The minimum Gasteiger partial charge on any atom is -0.497 e. The molecule has 0 saturated carbocycles. The molecule has 5 heteroatoms. The van der Waals surface area contributed by atoms with E-state index in [1.54, 1.807) is 7.11 Å². The smallest absolute Gasteiger partial charge is 0.306 e. The number of carboxylic acids is 1. The van der Waals surface area contributed by atoms with Crippen LogP contribution in [0.15, 0.2) is 24.3 Å². The molecule has 1 saturated heterocycles. The number of aliphatic hydroxyl groups is 1. The Balaban J connectivity index is 2.05. The highest BCUT2D eigenvalue weighted by molar-refractivity contribution is 5.68. The summed E-state index contributed by atoms with van der Waals surface area (Å²) in [6, 6.07) is 7.52. The zero-order valence-electron chi connectivity index (χ0n) is 10.3. The van der Waals surface area contributed by atoms with Crippen molar-refractivity contribution in [3.63, 3.8) is 0 Å². The van der Waals surface area contributed by atoms with E-state index in [1.807, 2.05) is 29.2 Å². The van der Waals surface area contributed by atoms with Gasteiger partial charge in [0, 0.05) is 18.8 Å². The minimum atomic E-state index is -1.12. The van der Waals surface area contributed by atoms with Crippen LogP contribution in [0.25, 0.3) is 0 Å². The summed E-state index contributed by atoms with van der Waals surface area (Å²) in [5.41, 5.74) is -0.150. The number of ether oxygens (including phenoxy) is 1. The van der Waals surface area contributed by atoms with E-state index in [2.05, 4.69) is 0 Å². The van der Waals surface area contributed by atoms with Crippen LogP contribution in [-0.4, -0.2) is 42.0 Å². The first-order valence-corrected chi connectivity index (χ1v) is 5.86. The number of β-amino-alcohol motifs (C(OH)–C–C–N with tert-alkyl or cyclic N) is 1. The third-order valence-electron chi connectivity index (χ3n) is 3.25. The number of aliphatic carboxylic acids is 1. The first-order valence-electron chi connectivity index (χ1n) is 5.86. The van der Waals surface area contributed by atoms with Crippen molar-refractivity contribution in [2.45, 2.75) is 18.4 Å². The summed E-state index contributed by atoms with van der Waals surface area (Å²) < 4.78 is 5.08. The van der Waals surface area contributed by atoms with E-state index in [1.165, 1.54) is 0 Å². The quantitative estimate of drug-likeness (QED) is 0.839. The summed E-state index contributed by atoms with van der Waals surface area (Å²) in [5.74, 6) is -0.187. The Bertz CT molecular complexity index is 431. The monoisotopic (exact) mass is 251 g/mol. The molecule has 98 valence electrons. The summed E-state index contributed by atoms with van der Waals surface area (Å²) >= 11 is 0. The van der Waals surface area contributed by atoms with E-state index in [0.717, 1.165) is 11.4 Å². The summed E-state index contributed by atoms with van der Waals surface area (Å²) in [4.78, 5) is 12.7. The molecule has 0 aromatic heterocycles. The number of carbonyl (C=O) groups is 1. The molecule has 0 amide bonds. The third-order valence-corrected chi connectivity index (χ3v) is 3.25. The molecule has 0 radical (unpaired) electrons. The normalized spacial score (nSPS) is 23.1. The minimum absolute atomic E-state index is 0.209. The van der Waals surface area contributed by atoms with Gasteiger partial charge in [-0.05, 0) is 30.7 Å². The van der Waals surface area contributed by atoms with Gasteiger partial charge in [0.1, 0.15) is 5.75 Å². The number of carboxylic acid groups (broad SMARTS) is 1. The molecule has 2 N–H and O–H groups in total. The van der Waals surface area contributed by atoms with E-state index < -0.39 is 11.6 Å². The van der Waals surface area contributed by atoms with Crippen LogP contribution < -0.4 is 9.64 Å². The fraction of sp³-hybridized carbons (Fsp3) is 0.462. The Labute approximate surface area is 106 Å². The molecule has 1 heterocycles. The summed E-state index contributed by atoms with van der Waals surface area (Å²) in [7, 11) is 1.61. The van der Waals surface area contributed by atoms with Crippen LogP contribution >= 0.6 is 0 Å². The molecular weight excluding hydrogens is 234 g/mol. The van der Waals surface area contributed by atoms with Gasteiger partial charge < -0.3 is 19.8 Å². The molecule has 0 bridgehead atoms. The van der Waals surface area contributed by atoms with E-state index in [4.69, 9.17) is 9.84 Å². The second-order valence-electron chi connectivity index (χ2n) is 4.66. The number of methoxy groups -OCH3 is 1. The maximum Gasteiger partial charge on any atom is 0.306 e. The van der Waals surface area contributed by atoms with Gasteiger partial charge in [0.15, 0.2) is 0 Å². The van der Waals surface area contributed by atoms with E-state index in [9.17, 15) is 9.90 Å². The molecule has 1 aromatic carbocycles. The first-order chi connectivity index (χ1) is 8.52.